The van der Waals surface area contributed by atoms with Gasteiger partial charge in [0, 0.05) is 16.8 Å². The van der Waals surface area contributed by atoms with Gasteiger partial charge in [-0.2, -0.15) is 0 Å². The quantitative estimate of drug-likeness (QED) is 0.823. The van der Waals surface area contributed by atoms with Crippen LogP contribution in [0.1, 0.15) is 21.6 Å². The molecule has 3 N–H and O–H groups in total. The molecule has 0 fully saturated rings. The normalized spacial score (nSPS) is 10.5. The molecule has 0 aliphatic rings. The Morgan fingerprint density at radius 3 is 2.78 bits per heavy atom. The molecule has 0 spiro atoms. The predicted molar refractivity (Wildman–Crippen MR) is 70.2 cm³/mol. The Bertz CT molecular complexity index is 658. The summed E-state index contributed by atoms with van der Waals surface area (Å²) in [5.41, 5.74) is 7.28. The lowest BCUT2D eigenvalue weighted by molar-refractivity contribution is 0.0696. The number of carbonyl (C=O) groups is 1. The lowest BCUT2D eigenvalue weighted by Gasteiger charge is -2.10. The van der Waals surface area contributed by atoms with Gasteiger partial charge in [-0.3, -0.25) is 9.36 Å². The van der Waals surface area contributed by atoms with Crippen LogP contribution >= 0.6 is 11.3 Å². The number of nitrogens with zero attached hydrogens (tertiary/aromatic N) is 1. The average molecular weight is 264 g/mol. The van der Waals surface area contributed by atoms with Crippen LogP contribution in [0.4, 0.5) is 5.69 Å². The van der Waals surface area contributed by atoms with Crippen LogP contribution in [0.3, 0.4) is 0 Å². The summed E-state index contributed by atoms with van der Waals surface area (Å²) in [7, 11) is 0. The van der Waals surface area contributed by atoms with Crippen molar-refractivity contribution < 1.29 is 9.90 Å². The minimum absolute atomic E-state index is 0.0648. The standard InChI is InChI=1S/C12H12N2O3S/c1-7-6-18-12(17)14(7)5-8-3-2-4-9(13)10(8)11(15)16/h2-4,6H,5,13H2,1H3,(H,15,16). The van der Waals surface area contributed by atoms with E-state index in [9.17, 15) is 9.59 Å². The minimum Gasteiger partial charge on any atom is -0.478 e. The molecule has 0 saturated heterocycles. The Kier molecular flexibility index (Phi) is 3.20. The molecule has 0 amide bonds. The van der Waals surface area contributed by atoms with Crippen LogP contribution in [0.25, 0.3) is 0 Å². The zero-order valence-electron chi connectivity index (χ0n) is 9.71. The Hall–Kier alpha value is -2.08. The number of benzene rings is 1. The van der Waals surface area contributed by atoms with Gasteiger partial charge in [0.25, 0.3) is 0 Å². The van der Waals surface area contributed by atoms with E-state index < -0.39 is 5.97 Å². The summed E-state index contributed by atoms with van der Waals surface area (Å²) in [5.74, 6) is -1.08. The Morgan fingerprint density at radius 2 is 2.22 bits per heavy atom. The zero-order chi connectivity index (χ0) is 13.3. The largest absolute Gasteiger partial charge is 0.478 e. The first-order valence-corrected chi connectivity index (χ1v) is 6.14. The number of aromatic nitrogens is 1. The average Bonchev–Trinajstić information content (AvgIpc) is 2.60. The highest BCUT2D eigenvalue weighted by Crippen LogP contribution is 2.18. The molecule has 94 valence electrons. The van der Waals surface area contributed by atoms with Crippen molar-refractivity contribution in [1.82, 2.24) is 4.57 Å². The number of rotatable bonds is 3. The maximum atomic E-state index is 11.6. The number of nitrogens with two attached hydrogens (primary N) is 1. The lowest BCUT2D eigenvalue weighted by Crippen LogP contribution is -2.18. The van der Waals surface area contributed by atoms with Crippen LogP contribution in [0, 0.1) is 6.92 Å². The second-order valence-corrected chi connectivity index (χ2v) is 4.74. The van der Waals surface area contributed by atoms with Gasteiger partial charge in [0.1, 0.15) is 0 Å². The molecule has 1 aromatic carbocycles. The van der Waals surface area contributed by atoms with E-state index in [1.165, 1.54) is 10.6 Å². The van der Waals surface area contributed by atoms with Gasteiger partial charge < -0.3 is 10.8 Å². The number of carboxylic acids is 1. The fourth-order valence-corrected chi connectivity index (χ4v) is 2.51. The van der Waals surface area contributed by atoms with E-state index in [1.54, 1.807) is 17.5 Å². The van der Waals surface area contributed by atoms with Crippen molar-refractivity contribution in [2.24, 2.45) is 0 Å². The summed E-state index contributed by atoms with van der Waals surface area (Å²) < 4.78 is 1.53. The molecule has 2 aromatic rings. The third-order valence-corrected chi connectivity index (χ3v) is 3.58. The molecule has 0 bridgehead atoms. The molecule has 0 atom stereocenters. The molecule has 6 heteroatoms. The number of hydrogen-bond donors (Lipinski definition) is 2. The van der Waals surface area contributed by atoms with E-state index in [2.05, 4.69) is 0 Å². The maximum Gasteiger partial charge on any atom is 0.338 e. The first kappa shape index (κ1) is 12.4. The Morgan fingerprint density at radius 1 is 1.50 bits per heavy atom. The van der Waals surface area contributed by atoms with Gasteiger partial charge in [0.05, 0.1) is 12.1 Å². The van der Waals surface area contributed by atoms with Gasteiger partial charge in [-0.05, 0) is 18.6 Å². The van der Waals surface area contributed by atoms with E-state index in [4.69, 9.17) is 10.8 Å². The van der Waals surface area contributed by atoms with E-state index in [0.717, 1.165) is 17.0 Å². The molecule has 2 rings (SSSR count). The Labute approximate surface area is 107 Å². The van der Waals surface area contributed by atoms with Crippen LogP contribution < -0.4 is 10.6 Å². The fourth-order valence-electron chi connectivity index (χ4n) is 1.78. The second-order valence-electron chi connectivity index (χ2n) is 3.92. The lowest BCUT2D eigenvalue weighted by atomic mass is 10.1. The molecular formula is C12H12N2O3S. The smallest absolute Gasteiger partial charge is 0.338 e. The third-order valence-electron chi connectivity index (χ3n) is 2.70. The van der Waals surface area contributed by atoms with Gasteiger partial charge in [0.2, 0.25) is 0 Å². The molecular weight excluding hydrogens is 252 g/mol. The van der Waals surface area contributed by atoms with Gasteiger partial charge in [-0.25, -0.2) is 4.79 Å². The van der Waals surface area contributed by atoms with Crippen LogP contribution in [-0.4, -0.2) is 15.6 Å². The number of hydrogen-bond acceptors (Lipinski definition) is 4. The topological polar surface area (TPSA) is 85.3 Å². The molecule has 18 heavy (non-hydrogen) atoms. The maximum absolute atomic E-state index is 11.6. The van der Waals surface area contributed by atoms with Crippen LogP contribution in [0.15, 0.2) is 28.4 Å². The highest BCUT2D eigenvalue weighted by Gasteiger charge is 2.15. The van der Waals surface area contributed by atoms with E-state index in [1.807, 2.05) is 6.92 Å². The van der Waals surface area contributed by atoms with Crippen molar-refractivity contribution in [2.75, 3.05) is 5.73 Å². The number of thiazole rings is 1. The second kappa shape index (κ2) is 4.66. The summed E-state index contributed by atoms with van der Waals surface area (Å²) >= 11 is 1.10. The molecule has 1 aromatic heterocycles. The van der Waals surface area contributed by atoms with Gasteiger partial charge in [-0.1, -0.05) is 23.5 Å². The number of aromatic carboxylic acids is 1. The molecule has 5 nitrogen and oxygen atoms in total. The van der Waals surface area contributed by atoms with Crippen LogP contribution in [0.2, 0.25) is 0 Å². The molecule has 1 heterocycles. The summed E-state index contributed by atoms with van der Waals surface area (Å²) in [6, 6.07) is 4.89. The third kappa shape index (κ3) is 2.14. The number of nitrogen functional groups attached to an aromatic ring is 1. The highest BCUT2D eigenvalue weighted by molar-refractivity contribution is 7.07. The van der Waals surface area contributed by atoms with E-state index in [-0.39, 0.29) is 22.7 Å². The fraction of sp³-hybridized carbons (Fsp3) is 0.167. The molecule has 0 unspecified atom stereocenters. The molecule has 0 saturated carbocycles. The van der Waals surface area contributed by atoms with E-state index in [0.29, 0.717) is 5.56 Å². The van der Waals surface area contributed by atoms with Crippen molar-refractivity contribution in [2.45, 2.75) is 13.5 Å². The zero-order valence-corrected chi connectivity index (χ0v) is 10.5. The van der Waals surface area contributed by atoms with Crippen molar-refractivity contribution in [3.05, 3.63) is 50.1 Å². The number of carboxylic acid groups (broad SMARTS) is 1. The van der Waals surface area contributed by atoms with Crippen molar-refractivity contribution >= 4 is 23.0 Å². The highest BCUT2D eigenvalue weighted by atomic mass is 32.1. The van der Waals surface area contributed by atoms with Crippen molar-refractivity contribution in [3.8, 4) is 0 Å². The molecule has 0 aliphatic carbocycles. The SMILES string of the molecule is Cc1csc(=O)n1Cc1cccc(N)c1C(=O)O. The van der Waals surface area contributed by atoms with Gasteiger partial charge in [0.15, 0.2) is 0 Å². The minimum atomic E-state index is -1.08. The molecule has 0 aliphatic heterocycles. The first-order chi connectivity index (χ1) is 8.50. The monoisotopic (exact) mass is 264 g/mol. The number of anilines is 1. The van der Waals surface area contributed by atoms with Crippen LogP contribution in [0.5, 0.6) is 0 Å². The summed E-state index contributed by atoms with van der Waals surface area (Å²) in [5, 5.41) is 10.9. The number of aryl methyl sites for hydroxylation is 1. The van der Waals surface area contributed by atoms with Gasteiger partial charge >= 0.3 is 10.8 Å². The predicted octanol–water partition coefficient (Wildman–Crippen LogP) is 1.55. The summed E-state index contributed by atoms with van der Waals surface area (Å²) in [4.78, 5) is 22.7. The molecule has 0 radical (unpaired) electrons. The van der Waals surface area contributed by atoms with E-state index >= 15 is 0 Å². The Balaban J connectivity index is 2.50. The summed E-state index contributed by atoms with van der Waals surface area (Å²) in [6.07, 6.45) is 0. The van der Waals surface area contributed by atoms with Crippen LogP contribution in [-0.2, 0) is 6.54 Å². The summed E-state index contributed by atoms with van der Waals surface area (Å²) in [6.45, 7) is 2.03. The first-order valence-electron chi connectivity index (χ1n) is 5.26. The van der Waals surface area contributed by atoms with Crippen molar-refractivity contribution in [3.63, 3.8) is 0 Å². The van der Waals surface area contributed by atoms with Gasteiger partial charge in [-0.15, -0.1) is 0 Å². The van der Waals surface area contributed by atoms with Crippen molar-refractivity contribution in [1.29, 1.82) is 0 Å².